The van der Waals surface area contributed by atoms with Crippen molar-refractivity contribution in [2.45, 2.75) is 51.5 Å². The quantitative estimate of drug-likeness (QED) is 0.557. The first kappa shape index (κ1) is 18.6. The smallest absolute Gasteiger partial charge is 0.410 e. The van der Waals surface area contributed by atoms with Gasteiger partial charge >= 0.3 is 12.1 Å². The molecule has 0 saturated carbocycles. The maximum Gasteiger partial charge on any atom is 0.410 e. The number of alkyl halides is 1. The molecule has 24 heavy (non-hydrogen) atoms. The third kappa shape index (κ3) is 3.53. The van der Waals surface area contributed by atoms with Crippen molar-refractivity contribution in [1.29, 1.82) is 0 Å². The lowest BCUT2D eigenvalue weighted by atomic mass is 9.78. The molecule has 2 saturated heterocycles. The zero-order valence-electron chi connectivity index (χ0n) is 14.5. The van der Waals surface area contributed by atoms with Gasteiger partial charge in [-0.2, -0.15) is 0 Å². The number of hydrogen-bond acceptors (Lipinski definition) is 6. The third-order valence-electron chi connectivity index (χ3n) is 4.15. The lowest BCUT2D eigenvalue weighted by Crippen LogP contribution is -2.60. The number of rotatable bonds is 2. The molecule has 0 aromatic heterocycles. The molecule has 2 aliphatic heterocycles. The number of esters is 1. The Morgan fingerprint density at radius 2 is 2.08 bits per heavy atom. The van der Waals surface area contributed by atoms with Gasteiger partial charge in [0.1, 0.15) is 29.9 Å². The average molecular weight is 345 g/mol. The van der Waals surface area contributed by atoms with E-state index < -0.39 is 41.1 Å². The van der Waals surface area contributed by atoms with Crippen molar-refractivity contribution in [2.24, 2.45) is 5.92 Å². The molecule has 2 fully saturated rings. The monoisotopic (exact) mass is 345 g/mol. The molecule has 7 nitrogen and oxygen atoms in total. The maximum atomic E-state index is 14.9. The van der Waals surface area contributed by atoms with Gasteiger partial charge in [0.15, 0.2) is 5.78 Å². The number of Topliss-reactive ketones (excluding diaryl/α,β-unsaturated/α-hetero) is 1. The van der Waals surface area contributed by atoms with Gasteiger partial charge < -0.3 is 19.1 Å². The van der Waals surface area contributed by atoms with Crippen LogP contribution in [0.2, 0.25) is 0 Å². The van der Waals surface area contributed by atoms with E-state index in [9.17, 15) is 18.8 Å². The van der Waals surface area contributed by atoms with Gasteiger partial charge in [0, 0.05) is 6.54 Å². The zero-order valence-corrected chi connectivity index (χ0v) is 14.5. The van der Waals surface area contributed by atoms with Gasteiger partial charge in [-0.25, -0.2) is 9.18 Å². The van der Waals surface area contributed by atoms with E-state index >= 15 is 0 Å². The van der Waals surface area contributed by atoms with E-state index in [1.807, 2.05) is 0 Å². The van der Waals surface area contributed by atoms with Crippen LogP contribution in [-0.4, -0.2) is 66.4 Å². The Morgan fingerprint density at radius 1 is 1.42 bits per heavy atom. The van der Waals surface area contributed by atoms with Gasteiger partial charge in [-0.3, -0.25) is 9.59 Å². The van der Waals surface area contributed by atoms with Gasteiger partial charge in [0.2, 0.25) is 0 Å². The van der Waals surface area contributed by atoms with Crippen LogP contribution in [0.5, 0.6) is 0 Å². The first-order valence-corrected chi connectivity index (χ1v) is 8.06. The average Bonchev–Trinajstić information content (AvgIpc) is 2.78. The molecule has 0 bridgehead atoms. The number of piperidine rings is 1. The van der Waals surface area contributed by atoms with E-state index in [-0.39, 0.29) is 32.7 Å². The molecular weight excluding hydrogens is 321 g/mol. The highest BCUT2D eigenvalue weighted by Crippen LogP contribution is 2.41. The summed E-state index contributed by atoms with van der Waals surface area (Å²) in [7, 11) is 0. The molecule has 136 valence electrons. The second-order valence-electron chi connectivity index (χ2n) is 7.04. The summed E-state index contributed by atoms with van der Waals surface area (Å²) in [5, 5.41) is 0. The highest BCUT2D eigenvalue weighted by atomic mass is 19.1. The van der Waals surface area contributed by atoms with Crippen LogP contribution < -0.4 is 0 Å². The summed E-state index contributed by atoms with van der Waals surface area (Å²) < 4.78 is 30.4. The van der Waals surface area contributed by atoms with Crippen LogP contribution in [-0.2, 0) is 23.8 Å². The Morgan fingerprint density at radius 3 is 2.62 bits per heavy atom. The van der Waals surface area contributed by atoms with Gasteiger partial charge in [-0.15, -0.1) is 0 Å². The molecule has 3 atom stereocenters. The predicted molar refractivity (Wildman–Crippen MR) is 81.1 cm³/mol. The van der Waals surface area contributed by atoms with Crippen molar-refractivity contribution in [3.8, 4) is 0 Å². The normalized spacial score (nSPS) is 30.5. The van der Waals surface area contributed by atoms with Crippen LogP contribution in [0, 0.1) is 5.92 Å². The minimum Gasteiger partial charge on any atom is -0.465 e. The second-order valence-corrected chi connectivity index (χ2v) is 7.04. The van der Waals surface area contributed by atoms with Gasteiger partial charge in [-0.1, -0.05) is 0 Å². The molecule has 2 heterocycles. The SMILES string of the molecule is CCOC(=O)C1C(=O)COC12CCN(C(=O)OC(C)(C)C)CC2F. The molecule has 1 amide bonds. The largest absolute Gasteiger partial charge is 0.465 e. The Labute approximate surface area is 140 Å². The zero-order chi connectivity index (χ0) is 18.1. The maximum absolute atomic E-state index is 14.9. The first-order chi connectivity index (χ1) is 11.1. The van der Waals surface area contributed by atoms with Crippen LogP contribution in [0.15, 0.2) is 0 Å². The fourth-order valence-electron chi connectivity index (χ4n) is 3.09. The first-order valence-electron chi connectivity index (χ1n) is 8.06. The lowest BCUT2D eigenvalue weighted by Gasteiger charge is -2.43. The predicted octanol–water partition coefficient (Wildman–Crippen LogP) is 1.48. The van der Waals surface area contributed by atoms with E-state index in [4.69, 9.17) is 14.2 Å². The molecule has 0 N–H and O–H groups in total. The minimum atomic E-state index is -1.68. The molecule has 2 rings (SSSR count). The minimum absolute atomic E-state index is 0.0304. The fraction of sp³-hybridized carbons (Fsp3) is 0.812. The Kier molecular flexibility index (Phi) is 5.17. The van der Waals surface area contributed by atoms with E-state index in [0.29, 0.717) is 0 Å². The topological polar surface area (TPSA) is 82.1 Å². The van der Waals surface area contributed by atoms with E-state index in [0.717, 1.165) is 0 Å². The highest BCUT2D eigenvalue weighted by molar-refractivity contribution is 6.02. The summed E-state index contributed by atoms with van der Waals surface area (Å²) in [5.74, 6) is -2.54. The van der Waals surface area contributed by atoms with Crippen LogP contribution in [0.3, 0.4) is 0 Å². The number of amides is 1. The number of carbonyl (C=O) groups is 3. The van der Waals surface area contributed by atoms with Gasteiger partial charge in [-0.05, 0) is 34.1 Å². The number of halogens is 1. The molecule has 0 aromatic rings. The summed E-state index contributed by atoms with van der Waals surface area (Å²) in [6, 6.07) is 0. The summed E-state index contributed by atoms with van der Waals surface area (Å²) >= 11 is 0. The van der Waals surface area contributed by atoms with Gasteiger partial charge in [0.25, 0.3) is 0 Å². The number of likely N-dealkylation sites (tertiary alicyclic amines) is 1. The Balaban J connectivity index is 2.13. The van der Waals surface area contributed by atoms with Crippen LogP contribution in [0.4, 0.5) is 9.18 Å². The fourth-order valence-corrected chi connectivity index (χ4v) is 3.09. The molecule has 1 spiro atoms. The molecule has 0 aliphatic carbocycles. The Bertz CT molecular complexity index is 531. The van der Waals surface area contributed by atoms with Crippen LogP contribution >= 0.6 is 0 Å². The lowest BCUT2D eigenvalue weighted by molar-refractivity contribution is -0.166. The number of ether oxygens (including phenoxy) is 3. The van der Waals surface area contributed by atoms with Crippen molar-refractivity contribution in [2.75, 3.05) is 26.3 Å². The van der Waals surface area contributed by atoms with Crippen molar-refractivity contribution in [1.82, 2.24) is 4.90 Å². The summed E-state index contributed by atoms with van der Waals surface area (Å²) in [4.78, 5) is 37.4. The highest BCUT2D eigenvalue weighted by Gasteiger charge is 2.61. The number of ketones is 1. The molecule has 8 heteroatoms. The standard InChI is InChI=1S/C16H24FNO6/c1-5-22-13(20)12-10(19)9-23-16(12)6-7-18(8-11(16)17)14(21)24-15(2,3)4/h11-12H,5-9H2,1-4H3. The molecule has 0 aromatic carbocycles. The van der Waals surface area contributed by atoms with E-state index in [2.05, 4.69) is 0 Å². The summed E-state index contributed by atoms with van der Waals surface area (Å²) in [6.07, 6.45) is -2.28. The van der Waals surface area contributed by atoms with Crippen molar-refractivity contribution >= 4 is 17.8 Å². The third-order valence-corrected chi connectivity index (χ3v) is 4.15. The Hall–Kier alpha value is -1.70. The summed E-state index contributed by atoms with van der Waals surface area (Å²) in [5.41, 5.74) is -2.24. The van der Waals surface area contributed by atoms with E-state index in [1.54, 1.807) is 27.7 Å². The molecule has 3 unspecified atom stereocenters. The van der Waals surface area contributed by atoms with Crippen molar-refractivity contribution in [3.63, 3.8) is 0 Å². The van der Waals surface area contributed by atoms with E-state index in [1.165, 1.54) is 4.90 Å². The van der Waals surface area contributed by atoms with Crippen molar-refractivity contribution in [3.05, 3.63) is 0 Å². The van der Waals surface area contributed by atoms with Crippen molar-refractivity contribution < 1.29 is 33.0 Å². The number of nitrogens with zero attached hydrogens (tertiary/aromatic N) is 1. The summed E-state index contributed by atoms with van der Waals surface area (Å²) in [6.45, 7) is 6.39. The molecule has 0 radical (unpaired) electrons. The van der Waals surface area contributed by atoms with Crippen LogP contribution in [0.1, 0.15) is 34.1 Å². The molecule has 2 aliphatic rings. The van der Waals surface area contributed by atoms with Gasteiger partial charge in [0.05, 0.1) is 13.2 Å². The van der Waals surface area contributed by atoms with Crippen LogP contribution in [0.25, 0.3) is 0 Å². The number of hydrogen-bond donors (Lipinski definition) is 0. The number of carbonyl (C=O) groups excluding carboxylic acids is 3. The molecular formula is C16H24FNO6. The second kappa shape index (κ2) is 6.66.